The van der Waals surface area contributed by atoms with Crippen molar-refractivity contribution in [3.8, 4) is 0 Å². The van der Waals surface area contributed by atoms with E-state index in [2.05, 4.69) is 0 Å². The molecule has 1 N–H and O–H groups in total. The largest absolute Gasteiger partial charge is 0.481 e. The molecule has 0 bridgehead atoms. The molecule has 0 atom stereocenters. The van der Waals surface area contributed by atoms with Crippen LogP contribution in [0.4, 0.5) is 0 Å². The van der Waals surface area contributed by atoms with E-state index in [1.165, 1.54) is 0 Å². The Labute approximate surface area is 95.9 Å². The first-order valence-corrected chi connectivity index (χ1v) is 5.75. The normalized spacial score (nSPS) is 18.6. The Balaban J connectivity index is 2.51. The zero-order chi connectivity index (χ0) is 12.1. The number of hydrogen-bond acceptors (Lipinski definition) is 2. The standard InChI is InChI=1S/C12H19NO3/c1-3-4-9(2)11(14)13-7-5-10(6-8-13)12(15)16/h4,10H,3,5-8H2,1-2H3,(H,15,16)/b9-4+. The van der Waals surface area contributed by atoms with Gasteiger partial charge in [0.1, 0.15) is 0 Å². The molecule has 0 saturated carbocycles. The molecule has 4 heteroatoms. The summed E-state index contributed by atoms with van der Waals surface area (Å²) in [6.07, 6.45) is 3.90. The van der Waals surface area contributed by atoms with E-state index in [1.807, 2.05) is 19.9 Å². The van der Waals surface area contributed by atoms with Crippen molar-refractivity contribution < 1.29 is 14.7 Å². The number of carboxylic acid groups (broad SMARTS) is 1. The summed E-state index contributed by atoms with van der Waals surface area (Å²) in [7, 11) is 0. The Kier molecular flexibility index (Phi) is 4.52. The monoisotopic (exact) mass is 225 g/mol. The molecule has 1 rings (SSSR count). The molecule has 0 unspecified atom stereocenters. The van der Waals surface area contributed by atoms with Gasteiger partial charge in [-0.05, 0) is 26.2 Å². The van der Waals surface area contributed by atoms with Crippen molar-refractivity contribution >= 4 is 11.9 Å². The van der Waals surface area contributed by atoms with Gasteiger partial charge in [0.2, 0.25) is 5.91 Å². The van der Waals surface area contributed by atoms with E-state index in [4.69, 9.17) is 5.11 Å². The molecule has 0 radical (unpaired) electrons. The van der Waals surface area contributed by atoms with Gasteiger partial charge in [-0.15, -0.1) is 0 Å². The highest BCUT2D eigenvalue weighted by Gasteiger charge is 2.27. The Hall–Kier alpha value is -1.32. The average molecular weight is 225 g/mol. The molecule has 0 aliphatic carbocycles. The Morgan fingerprint density at radius 3 is 2.38 bits per heavy atom. The molecule has 16 heavy (non-hydrogen) atoms. The van der Waals surface area contributed by atoms with Crippen LogP contribution in [0.15, 0.2) is 11.6 Å². The van der Waals surface area contributed by atoms with Gasteiger partial charge in [-0.25, -0.2) is 0 Å². The van der Waals surface area contributed by atoms with E-state index < -0.39 is 5.97 Å². The molecule has 4 nitrogen and oxygen atoms in total. The number of nitrogens with zero attached hydrogens (tertiary/aromatic N) is 1. The zero-order valence-electron chi connectivity index (χ0n) is 9.90. The third kappa shape index (κ3) is 3.08. The van der Waals surface area contributed by atoms with E-state index in [0.717, 1.165) is 12.0 Å². The van der Waals surface area contributed by atoms with E-state index in [0.29, 0.717) is 25.9 Å². The quantitative estimate of drug-likeness (QED) is 0.743. The fourth-order valence-electron chi connectivity index (χ4n) is 1.97. The third-order valence-electron chi connectivity index (χ3n) is 2.98. The zero-order valence-corrected chi connectivity index (χ0v) is 9.90. The lowest BCUT2D eigenvalue weighted by molar-refractivity contribution is -0.145. The molecular formula is C12H19NO3. The molecule has 1 aliphatic heterocycles. The van der Waals surface area contributed by atoms with Gasteiger partial charge < -0.3 is 10.0 Å². The number of hydrogen-bond donors (Lipinski definition) is 1. The van der Waals surface area contributed by atoms with E-state index in [1.54, 1.807) is 4.90 Å². The first-order chi connectivity index (χ1) is 7.56. The Morgan fingerprint density at radius 1 is 1.38 bits per heavy atom. The van der Waals surface area contributed by atoms with Crippen molar-refractivity contribution in [2.24, 2.45) is 5.92 Å². The van der Waals surface area contributed by atoms with Crippen molar-refractivity contribution in [2.75, 3.05) is 13.1 Å². The lowest BCUT2D eigenvalue weighted by Crippen LogP contribution is -2.40. The van der Waals surface area contributed by atoms with Gasteiger partial charge in [-0.1, -0.05) is 13.0 Å². The number of piperidine rings is 1. The summed E-state index contributed by atoms with van der Waals surface area (Å²) in [5.74, 6) is -0.974. The third-order valence-corrected chi connectivity index (χ3v) is 2.98. The minimum atomic E-state index is -0.743. The summed E-state index contributed by atoms with van der Waals surface area (Å²) < 4.78 is 0. The molecule has 0 aromatic rings. The molecule has 1 fully saturated rings. The van der Waals surface area contributed by atoms with Crippen molar-refractivity contribution in [2.45, 2.75) is 33.1 Å². The molecule has 1 saturated heterocycles. The number of aliphatic carboxylic acids is 1. The second-order valence-electron chi connectivity index (χ2n) is 4.20. The topological polar surface area (TPSA) is 57.6 Å². The Morgan fingerprint density at radius 2 is 1.94 bits per heavy atom. The SMILES string of the molecule is CC/C=C(\C)C(=O)N1CCC(C(=O)O)CC1. The average Bonchev–Trinajstić information content (AvgIpc) is 2.28. The maximum Gasteiger partial charge on any atom is 0.306 e. The molecule has 0 aromatic carbocycles. The van der Waals surface area contributed by atoms with Crippen LogP contribution in [0.25, 0.3) is 0 Å². The number of carboxylic acids is 1. The van der Waals surface area contributed by atoms with Crippen LogP contribution < -0.4 is 0 Å². The molecule has 1 amide bonds. The predicted octanol–water partition coefficient (Wildman–Crippen LogP) is 1.67. The van der Waals surface area contributed by atoms with Gasteiger partial charge in [0.15, 0.2) is 0 Å². The highest BCUT2D eigenvalue weighted by Crippen LogP contribution is 2.18. The minimum absolute atomic E-state index is 0.0469. The van der Waals surface area contributed by atoms with Gasteiger partial charge >= 0.3 is 5.97 Å². The van der Waals surface area contributed by atoms with E-state index in [-0.39, 0.29) is 11.8 Å². The summed E-state index contributed by atoms with van der Waals surface area (Å²) in [5.41, 5.74) is 0.760. The second kappa shape index (κ2) is 5.68. The minimum Gasteiger partial charge on any atom is -0.481 e. The molecule has 0 spiro atoms. The number of amides is 1. The first-order valence-electron chi connectivity index (χ1n) is 5.75. The lowest BCUT2D eigenvalue weighted by atomic mass is 9.96. The van der Waals surface area contributed by atoms with Crippen LogP contribution in [0.3, 0.4) is 0 Å². The van der Waals surface area contributed by atoms with E-state index in [9.17, 15) is 9.59 Å². The summed E-state index contributed by atoms with van der Waals surface area (Å²) in [6, 6.07) is 0. The smallest absolute Gasteiger partial charge is 0.306 e. The first kappa shape index (κ1) is 12.7. The molecule has 1 aliphatic rings. The van der Waals surface area contributed by atoms with Gasteiger partial charge in [0, 0.05) is 18.7 Å². The van der Waals surface area contributed by atoms with Crippen LogP contribution in [-0.2, 0) is 9.59 Å². The highest BCUT2D eigenvalue weighted by molar-refractivity contribution is 5.92. The van der Waals surface area contributed by atoms with Gasteiger partial charge in [-0.2, -0.15) is 0 Å². The summed E-state index contributed by atoms with van der Waals surface area (Å²) in [5, 5.41) is 8.84. The van der Waals surface area contributed by atoms with Crippen LogP contribution in [0.5, 0.6) is 0 Å². The maximum atomic E-state index is 11.9. The van der Waals surface area contributed by atoms with E-state index >= 15 is 0 Å². The summed E-state index contributed by atoms with van der Waals surface area (Å²) in [4.78, 5) is 24.4. The van der Waals surface area contributed by atoms with Crippen molar-refractivity contribution in [3.05, 3.63) is 11.6 Å². The van der Waals surface area contributed by atoms with Crippen LogP contribution in [0.2, 0.25) is 0 Å². The molecule has 0 aromatic heterocycles. The lowest BCUT2D eigenvalue weighted by Gasteiger charge is -2.30. The van der Waals surface area contributed by atoms with Gasteiger partial charge in [-0.3, -0.25) is 9.59 Å². The molecule has 1 heterocycles. The van der Waals surface area contributed by atoms with Crippen molar-refractivity contribution in [3.63, 3.8) is 0 Å². The van der Waals surface area contributed by atoms with Crippen LogP contribution in [-0.4, -0.2) is 35.0 Å². The van der Waals surface area contributed by atoms with Crippen LogP contribution in [0.1, 0.15) is 33.1 Å². The van der Waals surface area contributed by atoms with Gasteiger partial charge in [0.25, 0.3) is 0 Å². The summed E-state index contributed by atoms with van der Waals surface area (Å²) in [6.45, 7) is 4.93. The summed E-state index contributed by atoms with van der Waals surface area (Å²) >= 11 is 0. The molecular weight excluding hydrogens is 206 g/mol. The second-order valence-corrected chi connectivity index (χ2v) is 4.20. The number of carbonyl (C=O) groups is 2. The number of rotatable bonds is 3. The predicted molar refractivity (Wildman–Crippen MR) is 61.0 cm³/mol. The van der Waals surface area contributed by atoms with Crippen molar-refractivity contribution in [1.29, 1.82) is 0 Å². The number of allylic oxidation sites excluding steroid dienone is 1. The van der Waals surface area contributed by atoms with Crippen LogP contribution in [0, 0.1) is 5.92 Å². The fraction of sp³-hybridized carbons (Fsp3) is 0.667. The van der Waals surface area contributed by atoms with Crippen molar-refractivity contribution in [1.82, 2.24) is 4.90 Å². The maximum absolute atomic E-state index is 11.9. The number of likely N-dealkylation sites (tertiary alicyclic amines) is 1. The fourth-order valence-corrected chi connectivity index (χ4v) is 1.97. The van der Waals surface area contributed by atoms with Gasteiger partial charge in [0.05, 0.1) is 5.92 Å². The molecule has 90 valence electrons. The highest BCUT2D eigenvalue weighted by atomic mass is 16.4. The number of carbonyl (C=O) groups excluding carboxylic acids is 1. The van der Waals surface area contributed by atoms with Crippen LogP contribution >= 0.6 is 0 Å². The Bertz CT molecular complexity index is 301.